The van der Waals surface area contributed by atoms with Gasteiger partial charge in [0.15, 0.2) is 0 Å². The molecule has 0 bridgehead atoms. The number of nitrogens with zero attached hydrogens (tertiary/aromatic N) is 3. The number of benzene rings is 1. The minimum Gasteiger partial charge on any atom is -0.337 e. The summed E-state index contributed by atoms with van der Waals surface area (Å²) in [4.78, 5) is 29.5. The van der Waals surface area contributed by atoms with Crippen LogP contribution in [-0.4, -0.2) is 32.6 Å². The molecule has 0 unspecified atom stereocenters. The maximum absolute atomic E-state index is 12.9. The van der Waals surface area contributed by atoms with Crippen LogP contribution < -0.4 is 5.56 Å². The van der Waals surface area contributed by atoms with Gasteiger partial charge in [-0.1, -0.05) is 12.1 Å². The van der Waals surface area contributed by atoms with Gasteiger partial charge in [0.25, 0.3) is 11.5 Å². The standard InChI is InChI=1S/C20H22N4O2/c1-13-14(2)18(19(25)22-15(13)3)20(26)23(4)12-16-7-5-8-17(11-16)24-10-6-9-21-24/h5-11H,12H2,1-4H3,(H,22,25). The Kier molecular flexibility index (Phi) is 4.75. The Hall–Kier alpha value is -3.15. The van der Waals surface area contributed by atoms with E-state index in [1.165, 1.54) is 0 Å². The molecule has 0 aliphatic heterocycles. The fraction of sp³-hybridized carbons (Fsp3) is 0.250. The van der Waals surface area contributed by atoms with E-state index in [1.54, 1.807) is 22.8 Å². The molecule has 26 heavy (non-hydrogen) atoms. The quantitative estimate of drug-likeness (QED) is 0.786. The first-order valence-electron chi connectivity index (χ1n) is 8.43. The van der Waals surface area contributed by atoms with Crippen molar-refractivity contribution in [2.75, 3.05) is 7.05 Å². The van der Waals surface area contributed by atoms with Gasteiger partial charge >= 0.3 is 0 Å². The number of hydrogen-bond donors (Lipinski definition) is 1. The van der Waals surface area contributed by atoms with Gasteiger partial charge < -0.3 is 9.88 Å². The minimum absolute atomic E-state index is 0.207. The number of nitrogens with one attached hydrogen (secondary N) is 1. The molecule has 1 aromatic carbocycles. The molecule has 6 heteroatoms. The molecule has 0 fully saturated rings. The Morgan fingerprint density at radius 3 is 2.65 bits per heavy atom. The Labute approximate surface area is 152 Å². The predicted molar refractivity (Wildman–Crippen MR) is 101 cm³/mol. The topological polar surface area (TPSA) is 71.0 Å². The largest absolute Gasteiger partial charge is 0.337 e. The van der Waals surface area contributed by atoms with Gasteiger partial charge in [-0.3, -0.25) is 9.59 Å². The van der Waals surface area contributed by atoms with Crippen LogP contribution in [0, 0.1) is 20.8 Å². The summed E-state index contributed by atoms with van der Waals surface area (Å²) in [6.07, 6.45) is 3.59. The van der Waals surface area contributed by atoms with E-state index in [9.17, 15) is 9.59 Å². The number of pyridine rings is 1. The van der Waals surface area contributed by atoms with E-state index in [0.29, 0.717) is 6.54 Å². The van der Waals surface area contributed by atoms with E-state index >= 15 is 0 Å². The molecule has 6 nitrogen and oxygen atoms in total. The Morgan fingerprint density at radius 2 is 1.96 bits per heavy atom. The molecule has 0 spiro atoms. The van der Waals surface area contributed by atoms with Gasteiger partial charge in [0, 0.05) is 31.7 Å². The van der Waals surface area contributed by atoms with Gasteiger partial charge in [-0.2, -0.15) is 5.10 Å². The van der Waals surface area contributed by atoms with E-state index in [1.807, 2.05) is 57.3 Å². The van der Waals surface area contributed by atoms with Crippen molar-refractivity contribution in [3.05, 3.63) is 81.0 Å². The van der Waals surface area contributed by atoms with Crippen LogP contribution in [-0.2, 0) is 6.54 Å². The minimum atomic E-state index is -0.340. The average molecular weight is 350 g/mol. The third-order valence-electron chi connectivity index (χ3n) is 4.69. The molecule has 0 aliphatic rings. The van der Waals surface area contributed by atoms with Crippen molar-refractivity contribution in [3.63, 3.8) is 0 Å². The number of amides is 1. The fourth-order valence-corrected chi connectivity index (χ4v) is 2.98. The van der Waals surface area contributed by atoms with E-state index < -0.39 is 0 Å². The van der Waals surface area contributed by atoms with Gasteiger partial charge in [0.1, 0.15) is 5.56 Å². The molecular weight excluding hydrogens is 328 g/mol. The molecule has 3 rings (SSSR count). The van der Waals surface area contributed by atoms with Crippen molar-refractivity contribution in [1.82, 2.24) is 19.7 Å². The van der Waals surface area contributed by atoms with Crippen LogP contribution >= 0.6 is 0 Å². The zero-order chi connectivity index (χ0) is 18.8. The summed E-state index contributed by atoms with van der Waals surface area (Å²) >= 11 is 0. The number of aromatic nitrogens is 3. The number of aryl methyl sites for hydroxylation is 1. The maximum Gasteiger partial charge on any atom is 0.261 e. The highest BCUT2D eigenvalue weighted by atomic mass is 16.2. The van der Waals surface area contributed by atoms with Gasteiger partial charge in [0.2, 0.25) is 0 Å². The van der Waals surface area contributed by atoms with Crippen molar-refractivity contribution in [1.29, 1.82) is 0 Å². The van der Waals surface area contributed by atoms with E-state index in [4.69, 9.17) is 0 Å². The lowest BCUT2D eigenvalue weighted by Gasteiger charge is -2.19. The molecule has 1 amide bonds. The van der Waals surface area contributed by atoms with E-state index in [0.717, 1.165) is 28.1 Å². The second-order valence-corrected chi connectivity index (χ2v) is 6.49. The molecule has 3 aromatic rings. The number of H-pyrrole nitrogens is 1. The third kappa shape index (κ3) is 3.31. The first-order valence-corrected chi connectivity index (χ1v) is 8.43. The van der Waals surface area contributed by atoms with Crippen LogP contribution in [0.25, 0.3) is 5.69 Å². The van der Waals surface area contributed by atoms with Crippen LogP contribution in [0.5, 0.6) is 0 Å². The maximum atomic E-state index is 12.9. The number of aromatic amines is 1. The molecule has 0 saturated carbocycles. The summed E-state index contributed by atoms with van der Waals surface area (Å²) in [5.74, 6) is -0.281. The van der Waals surface area contributed by atoms with Crippen molar-refractivity contribution in [2.45, 2.75) is 27.3 Å². The molecule has 1 N–H and O–H groups in total. The Bertz CT molecular complexity index is 1000. The molecule has 0 aliphatic carbocycles. The zero-order valence-corrected chi connectivity index (χ0v) is 15.4. The van der Waals surface area contributed by atoms with Gasteiger partial charge in [-0.05, 0) is 55.7 Å². The van der Waals surface area contributed by atoms with Crippen LogP contribution in [0.15, 0.2) is 47.5 Å². The number of hydrogen-bond acceptors (Lipinski definition) is 3. The third-order valence-corrected chi connectivity index (χ3v) is 4.69. The lowest BCUT2D eigenvalue weighted by atomic mass is 10.0. The van der Waals surface area contributed by atoms with Crippen molar-refractivity contribution >= 4 is 5.91 Å². The van der Waals surface area contributed by atoms with Crippen LogP contribution in [0.4, 0.5) is 0 Å². The van der Waals surface area contributed by atoms with Crippen molar-refractivity contribution in [3.8, 4) is 5.69 Å². The number of carbonyl (C=O) groups is 1. The highest BCUT2D eigenvalue weighted by molar-refractivity contribution is 5.95. The van der Waals surface area contributed by atoms with Crippen LogP contribution in [0.1, 0.15) is 32.7 Å². The lowest BCUT2D eigenvalue weighted by Crippen LogP contribution is -2.33. The zero-order valence-electron chi connectivity index (χ0n) is 15.4. The molecule has 2 heterocycles. The van der Waals surface area contributed by atoms with Crippen LogP contribution in [0.2, 0.25) is 0 Å². The Balaban J connectivity index is 1.86. The molecular formula is C20H22N4O2. The summed E-state index contributed by atoms with van der Waals surface area (Å²) in [7, 11) is 1.71. The normalized spacial score (nSPS) is 10.8. The molecule has 2 aromatic heterocycles. The predicted octanol–water partition coefficient (Wildman–Crippen LogP) is 2.76. The number of rotatable bonds is 4. The molecule has 134 valence electrons. The van der Waals surface area contributed by atoms with E-state index in [-0.39, 0.29) is 17.0 Å². The highest BCUT2D eigenvalue weighted by Gasteiger charge is 2.20. The number of carbonyl (C=O) groups excluding carboxylic acids is 1. The molecule has 0 atom stereocenters. The first-order chi connectivity index (χ1) is 12.4. The summed E-state index contributed by atoms with van der Waals surface area (Å²) in [6.45, 7) is 5.96. The fourth-order valence-electron chi connectivity index (χ4n) is 2.98. The average Bonchev–Trinajstić information content (AvgIpc) is 3.14. The second kappa shape index (κ2) is 7.00. The first kappa shape index (κ1) is 17.7. The highest BCUT2D eigenvalue weighted by Crippen LogP contribution is 2.16. The van der Waals surface area contributed by atoms with Crippen molar-refractivity contribution < 1.29 is 4.79 Å². The summed E-state index contributed by atoms with van der Waals surface area (Å²) < 4.78 is 1.77. The molecule has 0 saturated heterocycles. The van der Waals surface area contributed by atoms with Gasteiger partial charge in [-0.25, -0.2) is 4.68 Å². The molecule has 0 radical (unpaired) electrons. The Morgan fingerprint density at radius 1 is 1.19 bits per heavy atom. The smallest absolute Gasteiger partial charge is 0.261 e. The van der Waals surface area contributed by atoms with Crippen molar-refractivity contribution in [2.24, 2.45) is 0 Å². The van der Waals surface area contributed by atoms with Crippen LogP contribution in [0.3, 0.4) is 0 Å². The summed E-state index contributed by atoms with van der Waals surface area (Å²) in [6, 6.07) is 9.68. The van der Waals surface area contributed by atoms with Gasteiger partial charge in [0.05, 0.1) is 5.69 Å². The second-order valence-electron chi connectivity index (χ2n) is 6.49. The summed E-state index contributed by atoms with van der Waals surface area (Å²) in [5.41, 5.74) is 4.21. The SMILES string of the molecule is Cc1[nH]c(=O)c(C(=O)N(C)Cc2cccc(-n3cccn3)c2)c(C)c1C. The summed E-state index contributed by atoms with van der Waals surface area (Å²) in [5, 5.41) is 4.22. The van der Waals surface area contributed by atoms with Gasteiger partial charge in [-0.15, -0.1) is 0 Å². The lowest BCUT2D eigenvalue weighted by molar-refractivity contribution is 0.0782. The van der Waals surface area contributed by atoms with E-state index in [2.05, 4.69) is 10.1 Å². The monoisotopic (exact) mass is 350 g/mol.